The average molecular weight is 458 g/mol. The van der Waals surface area contributed by atoms with Crippen LogP contribution in [0.3, 0.4) is 0 Å². The molecule has 3 N–H and O–H groups in total. The Morgan fingerprint density at radius 2 is 1.72 bits per heavy atom. The summed E-state index contributed by atoms with van der Waals surface area (Å²) in [6, 6.07) is 12.8. The molecule has 2 aromatic rings. The number of benzene rings is 2. The first-order valence-corrected chi connectivity index (χ1v) is 10.3. The molecule has 0 atom stereocenters. The van der Waals surface area contributed by atoms with E-state index in [-0.39, 0.29) is 17.6 Å². The largest absolute Gasteiger partial charge is 0.493 e. The minimum Gasteiger partial charge on any atom is -0.493 e. The highest BCUT2D eigenvalue weighted by Gasteiger charge is 2.10. The Bertz CT molecular complexity index is 991. The van der Waals surface area contributed by atoms with E-state index in [1.54, 1.807) is 31.4 Å². The SMILES string of the molecule is COc1ccc(C=CC(=O)NC(=S)NNC(=O)COc2ccccc2C(C)C)cc1OC. The number of hydrogen-bond acceptors (Lipinski definition) is 6. The monoisotopic (exact) mass is 457 g/mol. The lowest BCUT2D eigenvalue weighted by Crippen LogP contribution is -2.49. The maximum atomic E-state index is 12.0. The standard InChI is InChI=1S/C23H27N3O5S/c1-15(2)17-7-5-6-8-18(17)31-14-22(28)25-26-23(32)24-21(27)12-10-16-9-11-19(29-3)20(13-16)30-4/h5-13,15H,14H2,1-4H3,(H,25,28)(H2,24,26,27,32). The third-order valence-electron chi connectivity index (χ3n) is 4.29. The van der Waals surface area contributed by atoms with E-state index in [9.17, 15) is 9.59 Å². The quantitative estimate of drug-likeness (QED) is 0.319. The van der Waals surface area contributed by atoms with Gasteiger partial charge in [0.05, 0.1) is 14.2 Å². The highest BCUT2D eigenvalue weighted by molar-refractivity contribution is 7.80. The van der Waals surface area contributed by atoms with Crippen LogP contribution in [0.15, 0.2) is 48.5 Å². The molecule has 170 valence electrons. The molecule has 0 saturated carbocycles. The lowest BCUT2D eigenvalue weighted by Gasteiger charge is -2.14. The number of ether oxygens (including phenoxy) is 3. The van der Waals surface area contributed by atoms with Crippen molar-refractivity contribution in [3.8, 4) is 17.2 Å². The normalized spacial score (nSPS) is 10.5. The summed E-state index contributed by atoms with van der Waals surface area (Å²) >= 11 is 5.02. The van der Waals surface area contributed by atoms with Gasteiger partial charge in [-0.15, -0.1) is 0 Å². The van der Waals surface area contributed by atoms with Crippen LogP contribution >= 0.6 is 12.2 Å². The van der Waals surface area contributed by atoms with Gasteiger partial charge in [-0.1, -0.05) is 38.1 Å². The van der Waals surface area contributed by atoms with Crippen molar-refractivity contribution in [2.24, 2.45) is 0 Å². The molecule has 2 rings (SSSR count). The molecule has 32 heavy (non-hydrogen) atoms. The number of methoxy groups -OCH3 is 2. The predicted octanol–water partition coefficient (Wildman–Crippen LogP) is 2.94. The Labute approximate surface area is 192 Å². The summed E-state index contributed by atoms with van der Waals surface area (Å²) in [5.74, 6) is 1.14. The van der Waals surface area contributed by atoms with E-state index in [2.05, 4.69) is 16.2 Å². The van der Waals surface area contributed by atoms with Crippen LogP contribution in [-0.4, -0.2) is 37.8 Å². The van der Waals surface area contributed by atoms with Gasteiger partial charge in [-0.25, -0.2) is 0 Å². The minimum absolute atomic E-state index is 0.0529. The van der Waals surface area contributed by atoms with Crippen molar-refractivity contribution in [2.45, 2.75) is 19.8 Å². The number of carbonyl (C=O) groups excluding carboxylic acids is 2. The highest BCUT2D eigenvalue weighted by Crippen LogP contribution is 2.28. The molecule has 0 aliphatic rings. The van der Waals surface area contributed by atoms with Crippen molar-refractivity contribution in [1.82, 2.24) is 16.2 Å². The fourth-order valence-corrected chi connectivity index (χ4v) is 2.86. The van der Waals surface area contributed by atoms with Crippen molar-refractivity contribution in [2.75, 3.05) is 20.8 Å². The van der Waals surface area contributed by atoms with Crippen LogP contribution in [0.1, 0.15) is 30.9 Å². The molecular weight excluding hydrogens is 430 g/mol. The lowest BCUT2D eigenvalue weighted by molar-refractivity contribution is -0.123. The summed E-state index contributed by atoms with van der Waals surface area (Å²) in [5, 5.41) is 2.38. The van der Waals surface area contributed by atoms with Gasteiger partial charge in [0, 0.05) is 6.08 Å². The summed E-state index contributed by atoms with van der Waals surface area (Å²) < 4.78 is 16.0. The van der Waals surface area contributed by atoms with E-state index >= 15 is 0 Å². The zero-order chi connectivity index (χ0) is 23.5. The van der Waals surface area contributed by atoms with Crippen molar-refractivity contribution in [3.05, 3.63) is 59.7 Å². The average Bonchev–Trinajstić information content (AvgIpc) is 2.79. The molecular formula is C23H27N3O5S. The van der Waals surface area contributed by atoms with Gasteiger partial charge in [-0.3, -0.25) is 25.8 Å². The number of nitrogens with one attached hydrogen (secondary N) is 3. The highest BCUT2D eigenvalue weighted by atomic mass is 32.1. The zero-order valence-corrected chi connectivity index (χ0v) is 19.2. The van der Waals surface area contributed by atoms with Gasteiger partial charge < -0.3 is 14.2 Å². The van der Waals surface area contributed by atoms with Crippen LogP contribution in [0.25, 0.3) is 6.08 Å². The Morgan fingerprint density at radius 1 is 1.00 bits per heavy atom. The van der Waals surface area contributed by atoms with Gasteiger partial charge in [0.15, 0.2) is 23.2 Å². The summed E-state index contributed by atoms with van der Waals surface area (Å²) in [5.41, 5.74) is 6.60. The van der Waals surface area contributed by atoms with Crippen LogP contribution in [-0.2, 0) is 9.59 Å². The van der Waals surface area contributed by atoms with Gasteiger partial charge >= 0.3 is 0 Å². The Hall–Kier alpha value is -3.59. The Kier molecular flexibility index (Phi) is 9.49. The maximum Gasteiger partial charge on any atom is 0.276 e. The first-order chi connectivity index (χ1) is 15.3. The molecule has 0 aromatic heterocycles. The third kappa shape index (κ3) is 7.59. The molecule has 0 heterocycles. The fraction of sp³-hybridized carbons (Fsp3) is 0.261. The summed E-state index contributed by atoms with van der Waals surface area (Å²) in [4.78, 5) is 24.0. The van der Waals surface area contributed by atoms with Gasteiger partial charge in [-0.2, -0.15) is 0 Å². The number of hydrogen-bond donors (Lipinski definition) is 3. The molecule has 9 heteroatoms. The van der Waals surface area contributed by atoms with Crippen molar-refractivity contribution < 1.29 is 23.8 Å². The zero-order valence-electron chi connectivity index (χ0n) is 18.4. The second-order valence-corrected chi connectivity index (χ2v) is 7.33. The van der Waals surface area contributed by atoms with Crippen LogP contribution < -0.4 is 30.4 Å². The van der Waals surface area contributed by atoms with Crippen molar-refractivity contribution >= 4 is 35.2 Å². The summed E-state index contributed by atoms with van der Waals surface area (Å²) in [7, 11) is 3.08. The number of hydrazine groups is 1. The van der Waals surface area contributed by atoms with Crippen LogP contribution in [0.4, 0.5) is 0 Å². The number of rotatable bonds is 8. The number of carbonyl (C=O) groups is 2. The molecule has 0 fully saturated rings. The van der Waals surface area contributed by atoms with Crippen LogP contribution in [0.5, 0.6) is 17.2 Å². The van der Waals surface area contributed by atoms with E-state index < -0.39 is 11.8 Å². The summed E-state index contributed by atoms with van der Waals surface area (Å²) in [6.45, 7) is 3.89. The second kappa shape index (κ2) is 12.3. The van der Waals surface area contributed by atoms with Gasteiger partial charge in [0.1, 0.15) is 5.75 Å². The molecule has 0 bridgehead atoms. The van der Waals surface area contributed by atoms with Gasteiger partial charge in [-0.05, 0) is 53.5 Å². The van der Waals surface area contributed by atoms with Crippen LogP contribution in [0, 0.1) is 0 Å². The van der Waals surface area contributed by atoms with Gasteiger partial charge in [0.25, 0.3) is 5.91 Å². The topological polar surface area (TPSA) is 97.9 Å². The molecule has 0 unspecified atom stereocenters. The van der Waals surface area contributed by atoms with Crippen LogP contribution in [0.2, 0.25) is 0 Å². The Morgan fingerprint density at radius 3 is 2.41 bits per heavy atom. The first kappa shape index (κ1) is 24.7. The molecule has 0 spiro atoms. The molecule has 0 aliphatic carbocycles. The number of para-hydroxylation sites is 1. The lowest BCUT2D eigenvalue weighted by atomic mass is 10.0. The third-order valence-corrected chi connectivity index (χ3v) is 4.49. The summed E-state index contributed by atoms with van der Waals surface area (Å²) in [6.07, 6.45) is 2.90. The minimum atomic E-state index is -0.464. The molecule has 0 saturated heterocycles. The molecule has 8 nitrogen and oxygen atoms in total. The van der Waals surface area contributed by atoms with Crippen molar-refractivity contribution in [1.29, 1.82) is 0 Å². The predicted molar refractivity (Wildman–Crippen MR) is 127 cm³/mol. The fourth-order valence-electron chi connectivity index (χ4n) is 2.71. The van der Waals surface area contributed by atoms with E-state index in [1.807, 2.05) is 38.1 Å². The maximum absolute atomic E-state index is 12.0. The molecule has 2 aromatic carbocycles. The van der Waals surface area contributed by atoms with E-state index in [0.29, 0.717) is 17.2 Å². The number of amides is 2. The molecule has 2 amide bonds. The van der Waals surface area contributed by atoms with E-state index in [4.69, 9.17) is 26.4 Å². The van der Waals surface area contributed by atoms with E-state index in [0.717, 1.165) is 11.1 Å². The van der Waals surface area contributed by atoms with Gasteiger partial charge in [0.2, 0.25) is 5.91 Å². The second-order valence-electron chi connectivity index (χ2n) is 6.92. The van der Waals surface area contributed by atoms with Crippen molar-refractivity contribution in [3.63, 3.8) is 0 Å². The molecule has 0 radical (unpaired) electrons. The smallest absolute Gasteiger partial charge is 0.276 e. The first-order valence-electron chi connectivity index (χ1n) is 9.85. The Balaban J connectivity index is 1.78. The molecule has 0 aliphatic heterocycles. The number of thiocarbonyl (C=S) groups is 1. The van der Waals surface area contributed by atoms with E-state index in [1.165, 1.54) is 13.2 Å².